The molecule has 0 saturated carbocycles. The van der Waals surface area contributed by atoms with Crippen LogP contribution >= 0.6 is 0 Å². The molecule has 3 aromatic rings. The highest BCUT2D eigenvalue weighted by Gasteiger charge is 2.39. The van der Waals surface area contributed by atoms with Gasteiger partial charge in [0, 0.05) is 18.6 Å². The molecular formula is C26H27NO4. The van der Waals surface area contributed by atoms with E-state index in [-0.39, 0.29) is 17.8 Å². The number of nitrogens with zero attached hydrogens (tertiary/aromatic N) is 1. The van der Waals surface area contributed by atoms with Crippen LogP contribution in [0.3, 0.4) is 0 Å². The van der Waals surface area contributed by atoms with Gasteiger partial charge in [-0.15, -0.1) is 0 Å². The van der Waals surface area contributed by atoms with Crippen LogP contribution in [0.5, 0.6) is 23.0 Å². The van der Waals surface area contributed by atoms with E-state index in [1.165, 1.54) is 22.3 Å². The number of benzene rings is 3. The summed E-state index contributed by atoms with van der Waals surface area (Å²) >= 11 is 0. The van der Waals surface area contributed by atoms with Gasteiger partial charge in [-0.25, -0.2) is 0 Å². The summed E-state index contributed by atoms with van der Waals surface area (Å²) in [5, 5.41) is 19.9. The first-order valence-electron chi connectivity index (χ1n) is 10.7. The summed E-state index contributed by atoms with van der Waals surface area (Å²) in [4.78, 5) is 2.56. The first-order chi connectivity index (χ1) is 15.1. The molecule has 31 heavy (non-hydrogen) atoms. The Hall–Kier alpha value is -3.18. The van der Waals surface area contributed by atoms with Gasteiger partial charge in [-0.2, -0.15) is 0 Å². The van der Waals surface area contributed by atoms with Crippen molar-refractivity contribution in [3.05, 3.63) is 82.4 Å². The van der Waals surface area contributed by atoms with E-state index < -0.39 is 0 Å². The molecule has 0 fully saturated rings. The molecule has 0 radical (unpaired) electrons. The minimum Gasteiger partial charge on any atom is -0.508 e. The SMILES string of the molecule is COc1cc2c(cc1OC)[C@@H]1Cc3ccc(O)cc3[C@@H](Cc3ccc(O)cc3)N1CC2. The summed E-state index contributed by atoms with van der Waals surface area (Å²) < 4.78 is 11.1. The zero-order valence-corrected chi connectivity index (χ0v) is 17.8. The molecular weight excluding hydrogens is 390 g/mol. The summed E-state index contributed by atoms with van der Waals surface area (Å²) in [6.45, 7) is 0.936. The minimum atomic E-state index is 0.145. The van der Waals surface area contributed by atoms with Crippen LogP contribution in [-0.2, 0) is 19.3 Å². The normalized spacial score (nSPS) is 19.8. The van der Waals surface area contributed by atoms with E-state index in [0.29, 0.717) is 5.75 Å². The van der Waals surface area contributed by atoms with E-state index >= 15 is 0 Å². The molecule has 0 spiro atoms. The van der Waals surface area contributed by atoms with E-state index in [9.17, 15) is 10.2 Å². The van der Waals surface area contributed by atoms with Crippen LogP contribution < -0.4 is 9.47 Å². The topological polar surface area (TPSA) is 62.2 Å². The molecule has 2 heterocycles. The van der Waals surface area contributed by atoms with Gasteiger partial charge in [-0.3, -0.25) is 4.90 Å². The average molecular weight is 418 g/mol. The van der Waals surface area contributed by atoms with Crippen molar-refractivity contribution in [1.29, 1.82) is 0 Å². The molecule has 0 amide bonds. The van der Waals surface area contributed by atoms with Gasteiger partial charge < -0.3 is 19.7 Å². The van der Waals surface area contributed by atoms with Crippen molar-refractivity contribution in [3.8, 4) is 23.0 Å². The molecule has 0 aromatic heterocycles. The van der Waals surface area contributed by atoms with E-state index in [2.05, 4.69) is 23.1 Å². The molecule has 2 aliphatic rings. The third kappa shape index (κ3) is 3.49. The molecule has 0 aliphatic carbocycles. The molecule has 2 N–H and O–H groups in total. The minimum absolute atomic E-state index is 0.145. The second-order valence-electron chi connectivity index (χ2n) is 8.38. The Morgan fingerprint density at radius 3 is 2.29 bits per heavy atom. The van der Waals surface area contributed by atoms with E-state index in [1.807, 2.05) is 18.2 Å². The monoisotopic (exact) mass is 417 g/mol. The lowest BCUT2D eigenvalue weighted by atomic mass is 9.79. The number of aromatic hydroxyl groups is 2. The molecule has 160 valence electrons. The quantitative estimate of drug-likeness (QED) is 0.652. The summed E-state index contributed by atoms with van der Waals surface area (Å²) in [6, 6.07) is 17.8. The molecule has 0 bridgehead atoms. The van der Waals surface area contributed by atoms with Crippen LogP contribution in [0.2, 0.25) is 0 Å². The molecule has 5 nitrogen and oxygen atoms in total. The Balaban J connectivity index is 1.59. The molecule has 0 unspecified atom stereocenters. The molecule has 0 saturated heterocycles. The van der Waals surface area contributed by atoms with Crippen molar-refractivity contribution in [3.63, 3.8) is 0 Å². The fourth-order valence-corrected chi connectivity index (χ4v) is 5.20. The van der Waals surface area contributed by atoms with Crippen LogP contribution in [0.4, 0.5) is 0 Å². The Labute approximate surface area is 182 Å². The van der Waals surface area contributed by atoms with E-state index in [0.717, 1.165) is 42.9 Å². The van der Waals surface area contributed by atoms with Gasteiger partial charge in [0.2, 0.25) is 0 Å². The van der Waals surface area contributed by atoms with Gasteiger partial charge >= 0.3 is 0 Å². The van der Waals surface area contributed by atoms with Gasteiger partial charge in [0.1, 0.15) is 11.5 Å². The Kier molecular flexibility index (Phi) is 4.98. The van der Waals surface area contributed by atoms with Gasteiger partial charge in [-0.05, 0) is 83.5 Å². The second-order valence-corrected chi connectivity index (χ2v) is 8.38. The van der Waals surface area contributed by atoms with Crippen LogP contribution in [0.25, 0.3) is 0 Å². The Morgan fingerprint density at radius 2 is 1.55 bits per heavy atom. The number of hydrogen-bond donors (Lipinski definition) is 2. The number of phenolic OH excluding ortho intramolecular Hbond substituents is 2. The van der Waals surface area contributed by atoms with Crippen LogP contribution in [0, 0.1) is 0 Å². The molecule has 3 aromatic carbocycles. The van der Waals surface area contributed by atoms with E-state index in [1.54, 1.807) is 32.4 Å². The number of rotatable bonds is 4. The number of ether oxygens (including phenoxy) is 2. The summed E-state index contributed by atoms with van der Waals surface area (Å²) in [5.41, 5.74) is 6.22. The predicted molar refractivity (Wildman–Crippen MR) is 119 cm³/mol. The third-order valence-corrected chi connectivity index (χ3v) is 6.71. The third-order valence-electron chi connectivity index (χ3n) is 6.71. The highest BCUT2D eigenvalue weighted by molar-refractivity contribution is 5.51. The van der Waals surface area contributed by atoms with E-state index in [4.69, 9.17) is 9.47 Å². The van der Waals surface area contributed by atoms with Crippen molar-refractivity contribution in [2.75, 3.05) is 20.8 Å². The fourth-order valence-electron chi connectivity index (χ4n) is 5.20. The van der Waals surface area contributed by atoms with Gasteiger partial charge in [0.05, 0.1) is 14.2 Å². The molecule has 5 heteroatoms. The second kappa shape index (κ2) is 7.82. The largest absolute Gasteiger partial charge is 0.508 e. The predicted octanol–water partition coefficient (Wildman–Crippen LogP) is 4.55. The average Bonchev–Trinajstić information content (AvgIpc) is 2.79. The van der Waals surface area contributed by atoms with Crippen LogP contribution in [-0.4, -0.2) is 35.9 Å². The van der Waals surface area contributed by atoms with Gasteiger partial charge in [0.15, 0.2) is 11.5 Å². The van der Waals surface area contributed by atoms with Crippen LogP contribution in [0.15, 0.2) is 54.6 Å². The van der Waals surface area contributed by atoms with Crippen molar-refractivity contribution in [2.45, 2.75) is 31.3 Å². The lowest BCUT2D eigenvalue weighted by Crippen LogP contribution is -2.43. The molecule has 2 aliphatic heterocycles. The molecule has 5 rings (SSSR count). The lowest BCUT2D eigenvalue weighted by molar-refractivity contribution is 0.106. The highest BCUT2D eigenvalue weighted by atomic mass is 16.5. The Bertz CT molecular complexity index is 1110. The number of phenols is 2. The zero-order chi connectivity index (χ0) is 21.5. The summed E-state index contributed by atoms with van der Waals surface area (Å²) in [7, 11) is 3.35. The van der Waals surface area contributed by atoms with Crippen molar-refractivity contribution in [2.24, 2.45) is 0 Å². The maximum atomic E-state index is 10.2. The van der Waals surface area contributed by atoms with Crippen molar-refractivity contribution in [1.82, 2.24) is 4.90 Å². The number of fused-ring (bicyclic) bond motifs is 4. The fraction of sp³-hybridized carbons (Fsp3) is 0.308. The highest BCUT2D eigenvalue weighted by Crippen LogP contribution is 2.47. The zero-order valence-electron chi connectivity index (χ0n) is 17.8. The summed E-state index contributed by atoms with van der Waals surface area (Å²) in [5.74, 6) is 2.11. The van der Waals surface area contributed by atoms with Crippen molar-refractivity contribution < 1.29 is 19.7 Å². The summed E-state index contributed by atoms with van der Waals surface area (Å²) in [6.07, 6.45) is 2.65. The standard InChI is InChI=1S/C26H27NO4/c1-30-25-13-18-9-10-27-23(11-16-3-6-19(28)7-4-16)21-14-20(29)8-5-17(21)12-24(27)22(18)15-26(25)31-2/h3-8,13-15,23-24,28-29H,9-12H2,1-2H3/t23-,24+/m1/s1. The van der Waals surface area contributed by atoms with Gasteiger partial charge in [0.25, 0.3) is 0 Å². The van der Waals surface area contributed by atoms with Gasteiger partial charge in [-0.1, -0.05) is 18.2 Å². The maximum absolute atomic E-state index is 10.2. The first-order valence-corrected chi connectivity index (χ1v) is 10.7. The molecule has 2 atom stereocenters. The van der Waals surface area contributed by atoms with Crippen LogP contribution in [0.1, 0.15) is 39.9 Å². The number of methoxy groups -OCH3 is 2. The smallest absolute Gasteiger partial charge is 0.161 e. The number of hydrogen-bond acceptors (Lipinski definition) is 5. The van der Waals surface area contributed by atoms with Crippen molar-refractivity contribution >= 4 is 0 Å². The first kappa shape index (κ1) is 19.8. The maximum Gasteiger partial charge on any atom is 0.161 e. The lowest BCUT2D eigenvalue weighted by Gasteiger charge is -2.47. The Morgan fingerprint density at radius 1 is 0.839 bits per heavy atom.